The Labute approximate surface area is 105 Å². The normalized spacial score (nSPS) is 23.5. The molecule has 0 aliphatic carbocycles. The van der Waals surface area contributed by atoms with Crippen LogP contribution in [-0.2, 0) is 4.79 Å². The Morgan fingerprint density at radius 2 is 2.41 bits per heavy atom. The van der Waals surface area contributed by atoms with Crippen molar-refractivity contribution in [3.8, 4) is 0 Å². The van der Waals surface area contributed by atoms with Crippen LogP contribution in [0.1, 0.15) is 42.9 Å². The summed E-state index contributed by atoms with van der Waals surface area (Å²) in [6, 6.07) is -0.248. The summed E-state index contributed by atoms with van der Waals surface area (Å²) >= 11 is 1.62. The van der Waals surface area contributed by atoms with E-state index in [4.69, 9.17) is 0 Å². The molecule has 2 atom stereocenters. The molecule has 0 saturated carbocycles. The molecule has 1 N–H and O–H groups in total. The first-order valence-electron chi connectivity index (χ1n) is 6.00. The fraction of sp³-hybridized carbons (Fsp3) is 0.667. The van der Waals surface area contributed by atoms with E-state index in [1.54, 1.807) is 11.3 Å². The number of nitrogens with zero attached hydrogens (tertiary/aromatic N) is 2. The van der Waals surface area contributed by atoms with E-state index in [2.05, 4.69) is 16.8 Å². The average Bonchev–Trinajstić information content (AvgIpc) is 2.75. The molecular formula is C12H18N2O2S. The molecule has 1 saturated heterocycles. The zero-order chi connectivity index (χ0) is 12.4. The molecule has 1 fully saturated rings. The second-order valence-electron chi connectivity index (χ2n) is 4.56. The lowest BCUT2D eigenvalue weighted by Gasteiger charge is -2.36. The number of carboxylic acid groups (broad SMARTS) is 1. The molecule has 2 unspecified atom stereocenters. The number of hydrogen-bond donors (Lipinski definition) is 1. The summed E-state index contributed by atoms with van der Waals surface area (Å²) in [5.41, 5.74) is 1.00. The van der Waals surface area contributed by atoms with Crippen molar-refractivity contribution in [2.24, 2.45) is 0 Å². The molecule has 1 aromatic rings. The fourth-order valence-corrected chi connectivity index (χ4v) is 3.12. The Bertz CT molecular complexity index is 405. The van der Waals surface area contributed by atoms with Crippen molar-refractivity contribution in [1.82, 2.24) is 9.88 Å². The monoisotopic (exact) mass is 254 g/mol. The van der Waals surface area contributed by atoms with Gasteiger partial charge in [-0.05, 0) is 33.2 Å². The van der Waals surface area contributed by atoms with Crippen molar-refractivity contribution in [1.29, 1.82) is 0 Å². The number of aryl methyl sites for hydroxylation is 1. The standard InChI is InChI=1S/C12H18N2O2S/c1-8(10-7-17-9(2)13-10)14-6-4-3-5-11(14)12(15)16/h7-8,11H,3-6H2,1-2H3,(H,15,16). The van der Waals surface area contributed by atoms with Gasteiger partial charge in [0.15, 0.2) is 0 Å². The number of rotatable bonds is 3. The van der Waals surface area contributed by atoms with Gasteiger partial charge in [0.25, 0.3) is 0 Å². The van der Waals surface area contributed by atoms with Gasteiger partial charge in [0.05, 0.1) is 16.7 Å². The third-order valence-corrected chi connectivity index (χ3v) is 4.18. The Balaban J connectivity index is 2.16. The first-order valence-corrected chi connectivity index (χ1v) is 6.88. The Morgan fingerprint density at radius 3 is 3.00 bits per heavy atom. The number of aliphatic carboxylic acids is 1. The van der Waals surface area contributed by atoms with Crippen LogP contribution in [0.4, 0.5) is 0 Å². The van der Waals surface area contributed by atoms with Crippen LogP contribution in [0.15, 0.2) is 5.38 Å². The smallest absolute Gasteiger partial charge is 0.320 e. The van der Waals surface area contributed by atoms with Crippen molar-refractivity contribution in [2.45, 2.75) is 45.2 Å². The molecule has 4 nitrogen and oxygen atoms in total. The summed E-state index contributed by atoms with van der Waals surface area (Å²) in [6.45, 7) is 4.89. The minimum Gasteiger partial charge on any atom is -0.480 e. The number of piperidine rings is 1. The maximum atomic E-state index is 11.2. The molecule has 1 aromatic heterocycles. The van der Waals surface area contributed by atoms with Crippen LogP contribution in [-0.4, -0.2) is 33.5 Å². The third-order valence-electron chi connectivity index (χ3n) is 3.39. The second-order valence-corrected chi connectivity index (χ2v) is 5.62. The molecule has 2 heterocycles. The van der Waals surface area contributed by atoms with Gasteiger partial charge in [-0.25, -0.2) is 4.98 Å². The lowest BCUT2D eigenvalue weighted by molar-refractivity contribution is -0.145. The van der Waals surface area contributed by atoms with Gasteiger partial charge in [0.1, 0.15) is 6.04 Å². The summed E-state index contributed by atoms with van der Waals surface area (Å²) in [5.74, 6) is -0.705. The highest BCUT2D eigenvalue weighted by Gasteiger charge is 2.32. The molecule has 17 heavy (non-hydrogen) atoms. The van der Waals surface area contributed by atoms with Crippen LogP contribution in [0, 0.1) is 6.92 Å². The number of thiazole rings is 1. The van der Waals surface area contributed by atoms with Crippen LogP contribution in [0.2, 0.25) is 0 Å². The average molecular weight is 254 g/mol. The number of aromatic nitrogens is 1. The molecule has 1 aliphatic heterocycles. The highest BCUT2D eigenvalue weighted by Crippen LogP contribution is 2.29. The topological polar surface area (TPSA) is 53.4 Å². The fourth-order valence-electron chi connectivity index (χ4n) is 2.42. The van der Waals surface area contributed by atoms with E-state index in [9.17, 15) is 9.90 Å². The number of likely N-dealkylation sites (tertiary alicyclic amines) is 1. The van der Waals surface area contributed by atoms with E-state index in [1.165, 1.54) is 0 Å². The van der Waals surface area contributed by atoms with E-state index in [0.29, 0.717) is 0 Å². The molecule has 0 radical (unpaired) electrons. The van der Waals surface area contributed by atoms with E-state index in [1.807, 2.05) is 12.3 Å². The first-order chi connectivity index (χ1) is 8.09. The van der Waals surface area contributed by atoms with Gasteiger partial charge in [-0.1, -0.05) is 6.42 Å². The highest BCUT2D eigenvalue weighted by atomic mass is 32.1. The Morgan fingerprint density at radius 1 is 1.65 bits per heavy atom. The van der Waals surface area contributed by atoms with E-state index in [0.717, 1.165) is 36.5 Å². The summed E-state index contributed by atoms with van der Waals surface area (Å²) in [6.07, 6.45) is 2.84. The van der Waals surface area contributed by atoms with E-state index in [-0.39, 0.29) is 12.1 Å². The first kappa shape index (κ1) is 12.5. The second kappa shape index (κ2) is 5.14. The van der Waals surface area contributed by atoms with Gasteiger partial charge in [0.2, 0.25) is 0 Å². The van der Waals surface area contributed by atoms with Gasteiger partial charge in [-0.15, -0.1) is 11.3 Å². The van der Waals surface area contributed by atoms with Crippen molar-refractivity contribution < 1.29 is 9.90 Å². The van der Waals surface area contributed by atoms with Gasteiger partial charge in [-0.3, -0.25) is 9.69 Å². The molecule has 0 amide bonds. The zero-order valence-electron chi connectivity index (χ0n) is 10.2. The predicted molar refractivity (Wildman–Crippen MR) is 67.2 cm³/mol. The van der Waals surface area contributed by atoms with E-state index >= 15 is 0 Å². The molecule has 94 valence electrons. The molecule has 5 heteroatoms. The summed E-state index contributed by atoms with van der Waals surface area (Å²) < 4.78 is 0. The maximum absolute atomic E-state index is 11.2. The summed E-state index contributed by atoms with van der Waals surface area (Å²) in [5, 5.41) is 12.3. The van der Waals surface area contributed by atoms with Crippen molar-refractivity contribution >= 4 is 17.3 Å². The largest absolute Gasteiger partial charge is 0.480 e. The predicted octanol–water partition coefficient (Wildman–Crippen LogP) is 2.45. The SMILES string of the molecule is Cc1nc(C(C)N2CCCCC2C(=O)O)cs1. The Kier molecular flexibility index (Phi) is 3.79. The Hall–Kier alpha value is -0.940. The zero-order valence-corrected chi connectivity index (χ0v) is 11.0. The van der Waals surface area contributed by atoms with E-state index < -0.39 is 5.97 Å². The van der Waals surface area contributed by atoms with Crippen LogP contribution in [0.5, 0.6) is 0 Å². The van der Waals surface area contributed by atoms with Crippen LogP contribution in [0.25, 0.3) is 0 Å². The van der Waals surface area contributed by atoms with Gasteiger partial charge >= 0.3 is 5.97 Å². The quantitative estimate of drug-likeness (QED) is 0.900. The summed E-state index contributed by atoms with van der Waals surface area (Å²) in [7, 11) is 0. The van der Waals surface area contributed by atoms with Gasteiger partial charge < -0.3 is 5.11 Å². The van der Waals surface area contributed by atoms with Crippen molar-refractivity contribution in [2.75, 3.05) is 6.54 Å². The third kappa shape index (κ3) is 2.66. The maximum Gasteiger partial charge on any atom is 0.320 e. The number of carbonyl (C=O) groups is 1. The molecule has 2 rings (SSSR count). The van der Waals surface area contributed by atoms with Crippen molar-refractivity contribution in [3.05, 3.63) is 16.1 Å². The van der Waals surface area contributed by atoms with Crippen LogP contribution in [0.3, 0.4) is 0 Å². The minimum absolute atomic E-state index is 0.0985. The minimum atomic E-state index is -0.705. The van der Waals surface area contributed by atoms with Gasteiger partial charge in [-0.2, -0.15) is 0 Å². The highest BCUT2D eigenvalue weighted by molar-refractivity contribution is 7.09. The number of hydrogen-bond acceptors (Lipinski definition) is 4. The summed E-state index contributed by atoms with van der Waals surface area (Å²) in [4.78, 5) is 17.8. The lowest BCUT2D eigenvalue weighted by Crippen LogP contribution is -2.45. The molecule has 0 aromatic carbocycles. The lowest BCUT2D eigenvalue weighted by atomic mass is 9.99. The van der Waals surface area contributed by atoms with Crippen LogP contribution >= 0.6 is 11.3 Å². The molecule has 0 spiro atoms. The van der Waals surface area contributed by atoms with Crippen molar-refractivity contribution in [3.63, 3.8) is 0 Å². The van der Waals surface area contributed by atoms with Crippen LogP contribution < -0.4 is 0 Å². The molecule has 1 aliphatic rings. The van der Waals surface area contributed by atoms with Gasteiger partial charge in [0, 0.05) is 5.38 Å². The number of carboxylic acids is 1. The molecular weight excluding hydrogens is 236 g/mol. The molecule has 0 bridgehead atoms.